The van der Waals surface area contributed by atoms with Crippen LogP contribution in [0.25, 0.3) is 0 Å². The molecule has 38 heavy (non-hydrogen) atoms. The average molecular weight is 516 g/mol. The molecule has 0 amide bonds. The van der Waals surface area contributed by atoms with Crippen molar-refractivity contribution < 1.29 is 22.0 Å². The van der Waals surface area contributed by atoms with Gasteiger partial charge in [0.1, 0.15) is 29.1 Å². The summed E-state index contributed by atoms with van der Waals surface area (Å²) in [5.41, 5.74) is 9.64. The number of benzene rings is 5. The maximum atomic E-state index is 15.5. The fourth-order valence-corrected chi connectivity index (χ4v) is 4.82. The van der Waals surface area contributed by atoms with Gasteiger partial charge in [0.25, 0.3) is 0 Å². The molecule has 0 aliphatic carbocycles. The second-order valence-electron chi connectivity index (χ2n) is 9.08. The van der Waals surface area contributed by atoms with Crippen molar-refractivity contribution >= 4 is 5.69 Å². The molecule has 0 aromatic heterocycles. The maximum absolute atomic E-state index is 15.5. The number of rotatable bonds is 6. The quantitative estimate of drug-likeness (QED) is 0.137. The van der Waals surface area contributed by atoms with Gasteiger partial charge >= 0.3 is 0 Å². The van der Waals surface area contributed by atoms with Crippen molar-refractivity contribution in [2.75, 3.05) is 5.73 Å². The highest BCUT2D eigenvalue weighted by Crippen LogP contribution is 2.41. The molecule has 0 saturated carbocycles. The second kappa shape index (κ2) is 10.5. The predicted octanol–water partition coefficient (Wildman–Crippen LogP) is 8.32. The van der Waals surface area contributed by atoms with Crippen molar-refractivity contribution in [1.82, 2.24) is 0 Å². The molecular formula is C32H22F5N. The lowest BCUT2D eigenvalue weighted by Crippen LogP contribution is -2.12. The van der Waals surface area contributed by atoms with E-state index in [0.29, 0.717) is 33.4 Å². The molecular weight excluding hydrogens is 493 g/mol. The first-order chi connectivity index (χ1) is 18.3. The van der Waals surface area contributed by atoms with Crippen LogP contribution in [0.5, 0.6) is 0 Å². The van der Waals surface area contributed by atoms with Gasteiger partial charge in [0.05, 0.1) is 5.69 Å². The molecule has 0 spiro atoms. The van der Waals surface area contributed by atoms with Gasteiger partial charge in [-0.2, -0.15) is 0 Å². The summed E-state index contributed by atoms with van der Waals surface area (Å²) >= 11 is 0. The van der Waals surface area contributed by atoms with Crippen LogP contribution in [0.2, 0.25) is 0 Å². The molecule has 5 aromatic rings. The number of nitrogen functional groups attached to an aromatic ring is 1. The highest BCUT2D eigenvalue weighted by Gasteiger charge is 2.25. The molecule has 0 aliphatic heterocycles. The standard InChI is InChI=1S/C32H22F5N/c33-24-9-1-19(2-10-24)30(20-3-11-25(34)12-4-20)23-17-28(32(38)29(37)18-23)31(21-5-13-26(35)14-6-21)22-7-15-27(36)16-8-22/h1-18,30-31H,38H2. The lowest BCUT2D eigenvalue weighted by Gasteiger charge is -2.25. The van der Waals surface area contributed by atoms with E-state index in [4.69, 9.17) is 5.73 Å². The SMILES string of the molecule is Nc1c(F)cc(C(c2ccc(F)cc2)c2ccc(F)cc2)cc1C(c1ccc(F)cc1)c1ccc(F)cc1. The number of halogens is 5. The first-order valence-corrected chi connectivity index (χ1v) is 11.9. The van der Waals surface area contributed by atoms with Gasteiger partial charge in [-0.3, -0.25) is 0 Å². The Kier molecular flexibility index (Phi) is 6.97. The van der Waals surface area contributed by atoms with Gasteiger partial charge in [0, 0.05) is 11.8 Å². The molecule has 0 unspecified atom stereocenters. The summed E-state index contributed by atoms with van der Waals surface area (Å²) in [4.78, 5) is 0. The monoisotopic (exact) mass is 515 g/mol. The van der Waals surface area contributed by atoms with Crippen molar-refractivity contribution in [3.05, 3.63) is 172 Å². The molecule has 0 saturated heterocycles. The predicted molar refractivity (Wildman–Crippen MR) is 138 cm³/mol. The summed E-state index contributed by atoms with van der Waals surface area (Å²) in [6.45, 7) is 0. The van der Waals surface area contributed by atoms with Crippen molar-refractivity contribution in [1.29, 1.82) is 0 Å². The third-order valence-electron chi connectivity index (χ3n) is 6.64. The van der Waals surface area contributed by atoms with Crippen LogP contribution in [-0.4, -0.2) is 0 Å². The van der Waals surface area contributed by atoms with Crippen molar-refractivity contribution in [3.8, 4) is 0 Å². The molecule has 6 heteroatoms. The number of hydrogen-bond acceptors (Lipinski definition) is 1. The summed E-state index contributed by atoms with van der Waals surface area (Å²) in [5.74, 6) is -3.63. The first-order valence-electron chi connectivity index (χ1n) is 11.9. The Labute approximate surface area is 217 Å². The van der Waals surface area contributed by atoms with Gasteiger partial charge < -0.3 is 5.73 Å². The minimum Gasteiger partial charge on any atom is -0.396 e. The van der Waals surface area contributed by atoms with Gasteiger partial charge in [-0.25, -0.2) is 22.0 Å². The first kappa shape index (κ1) is 25.2. The van der Waals surface area contributed by atoms with Gasteiger partial charge in [0.2, 0.25) is 0 Å². The van der Waals surface area contributed by atoms with Gasteiger partial charge in [-0.1, -0.05) is 54.6 Å². The minimum atomic E-state index is -0.680. The van der Waals surface area contributed by atoms with E-state index in [1.165, 1.54) is 54.6 Å². The largest absolute Gasteiger partial charge is 0.396 e. The Morgan fingerprint density at radius 1 is 0.395 bits per heavy atom. The van der Waals surface area contributed by atoms with Crippen LogP contribution < -0.4 is 5.73 Å². The number of hydrogen-bond donors (Lipinski definition) is 1. The van der Waals surface area contributed by atoms with Crippen molar-refractivity contribution in [2.24, 2.45) is 0 Å². The molecule has 0 heterocycles. The van der Waals surface area contributed by atoms with Crippen LogP contribution in [0.1, 0.15) is 45.2 Å². The lowest BCUT2D eigenvalue weighted by molar-refractivity contribution is 0.622. The number of nitrogens with two attached hydrogens (primary N) is 1. The molecule has 0 aliphatic rings. The van der Waals surface area contributed by atoms with E-state index in [1.807, 2.05) is 0 Å². The van der Waals surface area contributed by atoms with E-state index in [1.54, 1.807) is 54.6 Å². The van der Waals surface area contributed by atoms with Crippen LogP contribution in [0.3, 0.4) is 0 Å². The minimum absolute atomic E-state index is 0.107. The second-order valence-corrected chi connectivity index (χ2v) is 9.08. The highest BCUT2D eigenvalue weighted by molar-refractivity contribution is 5.60. The Balaban J connectivity index is 1.73. The fourth-order valence-electron chi connectivity index (χ4n) is 4.82. The summed E-state index contributed by atoms with van der Waals surface area (Å²) < 4.78 is 70.5. The molecule has 5 aromatic carbocycles. The zero-order valence-electron chi connectivity index (χ0n) is 20.0. The molecule has 2 N–H and O–H groups in total. The van der Waals surface area contributed by atoms with E-state index in [9.17, 15) is 17.6 Å². The van der Waals surface area contributed by atoms with Gasteiger partial charge in [0.15, 0.2) is 0 Å². The molecule has 190 valence electrons. The molecule has 0 radical (unpaired) electrons. The lowest BCUT2D eigenvalue weighted by atomic mass is 9.79. The van der Waals surface area contributed by atoms with E-state index in [0.717, 1.165) is 0 Å². The van der Waals surface area contributed by atoms with Crippen LogP contribution >= 0.6 is 0 Å². The third kappa shape index (κ3) is 5.16. The fraction of sp³-hybridized carbons (Fsp3) is 0.0625. The van der Waals surface area contributed by atoms with Crippen LogP contribution in [-0.2, 0) is 0 Å². The Morgan fingerprint density at radius 2 is 0.711 bits per heavy atom. The number of anilines is 1. The summed E-state index contributed by atoms with van der Waals surface area (Å²) in [6, 6.07) is 26.1. The molecule has 1 nitrogen and oxygen atoms in total. The zero-order chi connectivity index (χ0) is 26.8. The Bertz CT molecular complexity index is 1450. The van der Waals surface area contributed by atoms with Crippen molar-refractivity contribution in [2.45, 2.75) is 11.8 Å². The third-order valence-corrected chi connectivity index (χ3v) is 6.64. The smallest absolute Gasteiger partial charge is 0.146 e. The molecule has 0 bridgehead atoms. The van der Waals surface area contributed by atoms with Gasteiger partial charge in [-0.15, -0.1) is 0 Å². The highest BCUT2D eigenvalue weighted by atomic mass is 19.1. The van der Waals surface area contributed by atoms with Crippen LogP contribution in [0.15, 0.2) is 109 Å². The van der Waals surface area contributed by atoms with E-state index in [-0.39, 0.29) is 5.69 Å². The maximum Gasteiger partial charge on any atom is 0.146 e. The Morgan fingerprint density at radius 3 is 1.05 bits per heavy atom. The summed E-state index contributed by atoms with van der Waals surface area (Å²) in [5, 5.41) is 0. The molecule has 0 atom stereocenters. The topological polar surface area (TPSA) is 26.0 Å². The molecule has 0 fully saturated rings. The molecule has 5 rings (SSSR count). The average Bonchev–Trinajstić information content (AvgIpc) is 2.91. The zero-order valence-corrected chi connectivity index (χ0v) is 20.0. The van der Waals surface area contributed by atoms with Crippen molar-refractivity contribution in [3.63, 3.8) is 0 Å². The van der Waals surface area contributed by atoms with E-state index in [2.05, 4.69) is 0 Å². The van der Waals surface area contributed by atoms with E-state index < -0.39 is 40.9 Å². The van der Waals surface area contributed by atoms with E-state index >= 15 is 4.39 Å². The Hall–Kier alpha value is -4.45. The van der Waals surface area contributed by atoms with Crippen LogP contribution in [0.4, 0.5) is 27.6 Å². The normalized spacial score (nSPS) is 11.3. The summed E-state index contributed by atoms with van der Waals surface area (Å²) in [6.07, 6.45) is 0. The van der Waals surface area contributed by atoms with Crippen LogP contribution in [0, 0.1) is 29.1 Å². The summed E-state index contributed by atoms with van der Waals surface area (Å²) in [7, 11) is 0. The van der Waals surface area contributed by atoms with Gasteiger partial charge in [-0.05, 0) is 88.0 Å².